The molecule has 0 bridgehead atoms. The van der Waals surface area contributed by atoms with E-state index in [-0.39, 0.29) is 42.5 Å². The molecule has 0 radical (unpaired) electrons. The number of hydrogen-bond acceptors (Lipinski definition) is 8. The molecular weight excluding hydrogens is 671 g/mol. The highest BCUT2D eigenvalue weighted by Gasteiger charge is 2.35. The minimum atomic E-state index is -0.449. The number of carbonyl (C=O) groups excluding carboxylic acids is 2. The van der Waals surface area contributed by atoms with Crippen molar-refractivity contribution >= 4 is 57.3 Å². The highest BCUT2D eigenvalue weighted by Crippen LogP contribution is 2.38. The Morgan fingerprint density at radius 2 is 1.76 bits per heavy atom. The Bertz CT molecular complexity index is 1520. The maximum absolute atomic E-state index is 13.1. The summed E-state index contributed by atoms with van der Waals surface area (Å²) in [4.78, 5) is 37.8. The van der Waals surface area contributed by atoms with Gasteiger partial charge in [0.05, 0.1) is 26.6 Å². The molecule has 11 heteroatoms. The number of ether oxygens (including phenoxy) is 3. The minimum absolute atomic E-state index is 0.0103. The van der Waals surface area contributed by atoms with Crippen molar-refractivity contribution in [3.63, 3.8) is 0 Å². The highest BCUT2D eigenvalue weighted by molar-refractivity contribution is 14.1. The van der Waals surface area contributed by atoms with Gasteiger partial charge in [-0.15, -0.1) is 0 Å². The number of imide groups is 1. The first kappa shape index (κ1) is 31.4. The zero-order valence-electron chi connectivity index (χ0n) is 23.7. The van der Waals surface area contributed by atoms with Crippen LogP contribution in [0.25, 0.3) is 6.08 Å². The molecule has 9 nitrogen and oxygen atoms in total. The van der Waals surface area contributed by atoms with Gasteiger partial charge in [-0.3, -0.25) is 24.6 Å². The van der Waals surface area contributed by atoms with E-state index in [2.05, 4.69) is 36.4 Å². The zero-order chi connectivity index (χ0) is 30.4. The number of nitrogens with zero attached hydrogens (tertiary/aromatic N) is 2. The summed E-state index contributed by atoms with van der Waals surface area (Å²) in [5.74, 6) is 1.69. The van der Waals surface area contributed by atoms with Gasteiger partial charge in [0.25, 0.3) is 16.8 Å². The number of nitro benzene ring substituents is 1. The number of benzene rings is 3. The van der Waals surface area contributed by atoms with Crippen molar-refractivity contribution < 1.29 is 28.7 Å². The van der Waals surface area contributed by atoms with E-state index in [0.29, 0.717) is 28.6 Å². The Hall–Kier alpha value is -3.58. The SMILES string of the molecule is CCOc1cc(/C=C2\SC(=O)N(CCOc3cc(C)ccc3C(C)C)C2=O)cc(I)c1OCc1ccc([N+](=O)[O-])cc1. The summed E-state index contributed by atoms with van der Waals surface area (Å²) in [6.07, 6.45) is 1.67. The number of thioether (sulfide) groups is 1. The van der Waals surface area contributed by atoms with Gasteiger partial charge in [0.2, 0.25) is 0 Å². The largest absolute Gasteiger partial charge is 0.491 e. The molecular formula is C31H31IN2O7S. The molecule has 1 saturated heterocycles. The van der Waals surface area contributed by atoms with Crippen LogP contribution in [0, 0.1) is 20.6 Å². The van der Waals surface area contributed by atoms with Crippen molar-refractivity contribution in [2.45, 2.75) is 40.2 Å². The fraction of sp³-hybridized carbons (Fsp3) is 0.290. The van der Waals surface area contributed by atoms with E-state index in [1.54, 1.807) is 24.3 Å². The Morgan fingerprint density at radius 3 is 2.43 bits per heavy atom. The summed E-state index contributed by atoms with van der Waals surface area (Å²) < 4.78 is 18.6. The van der Waals surface area contributed by atoms with Crippen LogP contribution >= 0.6 is 34.4 Å². The van der Waals surface area contributed by atoms with Crippen LogP contribution in [-0.2, 0) is 11.4 Å². The van der Waals surface area contributed by atoms with Crippen LogP contribution in [0.4, 0.5) is 10.5 Å². The van der Waals surface area contributed by atoms with Crippen LogP contribution in [0.5, 0.6) is 17.2 Å². The molecule has 0 N–H and O–H groups in total. The summed E-state index contributed by atoms with van der Waals surface area (Å²) >= 11 is 3.03. The molecule has 42 heavy (non-hydrogen) atoms. The van der Waals surface area contributed by atoms with E-state index >= 15 is 0 Å². The van der Waals surface area contributed by atoms with Gasteiger partial charge < -0.3 is 14.2 Å². The van der Waals surface area contributed by atoms with Gasteiger partial charge in [0, 0.05) is 12.1 Å². The van der Waals surface area contributed by atoms with Crippen LogP contribution in [0.15, 0.2) is 59.5 Å². The van der Waals surface area contributed by atoms with Crippen LogP contribution in [0.3, 0.4) is 0 Å². The van der Waals surface area contributed by atoms with Crippen LogP contribution in [-0.4, -0.2) is 40.7 Å². The molecule has 1 fully saturated rings. The Labute approximate surface area is 262 Å². The number of non-ortho nitro benzene ring substituents is 1. The summed E-state index contributed by atoms with van der Waals surface area (Å²) in [5, 5.41) is 10.6. The number of halogens is 1. The van der Waals surface area contributed by atoms with Gasteiger partial charge in [0.1, 0.15) is 19.0 Å². The van der Waals surface area contributed by atoms with Gasteiger partial charge in [-0.2, -0.15) is 0 Å². The van der Waals surface area contributed by atoms with Gasteiger partial charge in [-0.05, 0) is 113 Å². The molecule has 3 aromatic rings. The van der Waals surface area contributed by atoms with E-state index in [1.807, 2.05) is 38.1 Å². The first-order valence-corrected chi connectivity index (χ1v) is 15.3. The molecule has 0 aromatic heterocycles. The molecule has 1 heterocycles. The second-order valence-corrected chi connectivity index (χ2v) is 12.0. The predicted molar refractivity (Wildman–Crippen MR) is 171 cm³/mol. The number of nitro groups is 1. The van der Waals surface area contributed by atoms with E-state index in [9.17, 15) is 19.7 Å². The first-order chi connectivity index (χ1) is 20.1. The Balaban J connectivity index is 1.45. The molecule has 2 amide bonds. The van der Waals surface area contributed by atoms with E-state index < -0.39 is 4.92 Å². The Morgan fingerprint density at radius 1 is 1.02 bits per heavy atom. The quantitative estimate of drug-likeness (QED) is 0.0817. The zero-order valence-corrected chi connectivity index (χ0v) is 26.7. The molecule has 3 aromatic carbocycles. The second-order valence-electron chi connectivity index (χ2n) is 9.85. The Kier molecular flexibility index (Phi) is 10.5. The molecule has 220 valence electrons. The van der Waals surface area contributed by atoms with Crippen LogP contribution in [0.1, 0.15) is 48.9 Å². The number of amides is 2. The van der Waals surface area contributed by atoms with Crippen molar-refractivity contribution in [2.24, 2.45) is 0 Å². The van der Waals surface area contributed by atoms with Crippen molar-refractivity contribution in [1.82, 2.24) is 4.90 Å². The van der Waals surface area contributed by atoms with Crippen molar-refractivity contribution in [3.8, 4) is 17.2 Å². The highest BCUT2D eigenvalue weighted by atomic mass is 127. The fourth-order valence-corrected chi connectivity index (χ4v) is 5.92. The van der Waals surface area contributed by atoms with Crippen molar-refractivity contribution in [3.05, 3.63) is 95.4 Å². The maximum atomic E-state index is 13.1. The topological polar surface area (TPSA) is 108 Å². The fourth-order valence-electron chi connectivity index (χ4n) is 4.28. The third kappa shape index (κ3) is 7.62. The number of aryl methyl sites for hydroxylation is 1. The van der Waals surface area contributed by atoms with E-state index in [0.717, 1.165) is 37.8 Å². The van der Waals surface area contributed by atoms with E-state index in [4.69, 9.17) is 14.2 Å². The molecule has 0 unspecified atom stereocenters. The molecule has 1 aliphatic heterocycles. The van der Waals surface area contributed by atoms with Crippen molar-refractivity contribution in [2.75, 3.05) is 19.8 Å². The predicted octanol–water partition coefficient (Wildman–Crippen LogP) is 7.72. The van der Waals surface area contributed by atoms with Gasteiger partial charge >= 0.3 is 0 Å². The number of rotatable bonds is 12. The minimum Gasteiger partial charge on any atom is -0.491 e. The lowest BCUT2D eigenvalue weighted by Crippen LogP contribution is -2.32. The average molecular weight is 703 g/mol. The number of carbonyl (C=O) groups is 2. The molecule has 1 aliphatic rings. The lowest BCUT2D eigenvalue weighted by Gasteiger charge is -2.17. The third-order valence-electron chi connectivity index (χ3n) is 6.40. The van der Waals surface area contributed by atoms with E-state index in [1.165, 1.54) is 17.0 Å². The molecule has 0 saturated carbocycles. The van der Waals surface area contributed by atoms with Gasteiger partial charge in [-0.1, -0.05) is 26.0 Å². The number of hydrogen-bond donors (Lipinski definition) is 0. The van der Waals surface area contributed by atoms with Crippen molar-refractivity contribution in [1.29, 1.82) is 0 Å². The van der Waals surface area contributed by atoms with Crippen LogP contribution < -0.4 is 14.2 Å². The summed E-state index contributed by atoms with van der Waals surface area (Å²) in [6, 6.07) is 15.8. The third-order valence-corrected chi connectivity index (χ3v) is 8.11. The lowest BCUT2D eigenvalue weighted by atomic mass is 10.0. The standard InChI is InChI=1S/C31H31IN2O7S/c1-5-39-27-16-22(15-25(32)29(27)41-18-21-7-9-23(10-8-21)34(37)38)17-28-30(35)33(31(36)42-28)12-13-40-26-14-20(4)6-11-24(26)19(2)3/h6-11,14-17,19H,5,12-13,18H2,1-4H3/b28-17-. The summed E-state index contributed by atoms with van der Waals surface area (Å²) in [5.41, 5.74) is 3.62. The average Bonchev–Trinajstić information content (AvgIpc) is 3.20. The van der Waals surface area contributed by atoms with Crippen LogP contribution in [0.2, 0.25) is 0 Å². The first-order valence-electron chi connectivity index (χ1n) is 13.4. The molecule has 0 aliphatic carbocycles. The summed E-state index contributed by atoms with van der Waals surface area (Å²) in [7, 11) is 0. The normalized spacial score (nSPS) is 14.1. The molecule has 0 atom stereocenters. The lowest BCUT2D eigenvalue weighted by molar-refractivity contribution is -0.384. The van der Waals surface area contributed by atoms with Gasteiger partial charge in [0.15, 0.2) is 11.5 Å². The van der Waals surface area contributed by atoms with Gasteiger partial charge in [-0.25, -0.2) is 0 Å². The maximum Gasteiger partial charge on any atom is 0.293 e. The molecule has 0 spiro atoms. The molecule has 4 rings (SSSR count). The summed E-state index contributed by atoms with van der Waals surface area (Å²) in [6.45, 7) is 8.95. The monoisotopic (exact) mass is 702 g/mol. The smallest absolute Gasteiger partial charge is 0.293 e. The second kappa shape index (κ2) is 14.1.